The Bertz CT molecular complexity index is 1160. The molecule has 1 heterocycles. The van der Waals surface area contributed by atoms with Gasteiger partial charge in [0.15, 0.2) is 6.29 Å². The molecule has 0 bridgehead atoms. The second-order valence-corrected chi connectivity index (χ2v) is 16.7. The first-order valence-electron chi connectivity index (χ1n) is 22.7. The van der Waals surface area contributed by atoms with E-state index in [-0.39, 0.29) is 19.6 Å². The molecular weight excluding hydrogens is 765 g/mol. The lowest BCUT2D eigenvalue weighted by atomic mass is 9.99. The molecule has 0 amide bonds. The molecule has 13 heteroatoms. The van der Waals surface area contributed by atoms with Crippen LogP contribution < -0.4 is 0 Å². The largest absolute Gasteiger partial charge is 0.457 e. The summed E-state index contributed by atoms with van der Waals surface area (Å²) in [4.78, 5) is 12.8. The van der Waals surface area contributed by atoms with E-state index in [9.17, 15) is 28.5 Å². The van der Waals surface area contributed by atoms with E-state index in [1.165, 1.54) is 83.5 Å². The first kappa shape index (κ1) is 54.3. The van der Waals surface area contributed by atoms with E-state index in [2.05, 4.69) is 54.5 Å². The van der Waals surface area contributed by atoms with Gasteiger partial charge in [-0.05, 0) is 51.4 Å². The van der Waals surface area contributed by atoms with Crippen LogP contribution in [0.2, 0.25) is 0 Å². The molecule has 0 aromatic carbocycles. The highest BCUT2D eigenvalue weighted by atomic mass is 32.3. The number of carbonyl (C=O) groups is 1. The van der Waals surface area contributed by atoms with Gasteiger partial charge < -0.3 is 34.3 Å². The Balaban J connectivity index is 2.40. The highest BCUT2D eigenvalue weighted by Crippen LogP contribution is 2.26. The zero-order valence-corrected chi connectivity index (χ0v) is 36.9. The first-order chi connectivity index (χ1) is 28.1. The number of esters is 1. The Hall–Kier alpha value is -1.68. The van der Waals surface area contributed by atoms with Crippen LogP contribution in [0.25, 0.3) is 0 Å². The van der Waals surface area contributed by atoms with Gasteiger partial charge in [-0.1, -0.05) is 159 Å². The minimum Gasteiger partial charge on any atom is -0.457 e. The molecule has 6 atom stereocenters. The lowest BCUT2D eigenvalue weighted by Gasteiger charge is -2.41. The molecule has 0 radical (unpaired) electrons. The second-order valence-electron chi connectivity index (χ2n) is 15.6. The smallest absolute Gasteiger partial charge is 0.397 e. The van der Waals surface area contributed by atoms with Gasteiger partial charge in [-0.25, -0.2) is 4.18 Å². The number of aliphatic hydroxyl groups excluding tert-OH is 3. The van der Waals surface area contributed by atoms with Crippen molar-refractivity contribution in [2.45, 2.75) is 218 Å². The zero-order chi connectivity index (χ0) is 42.5. The number of rotatable bonds is 39. The fraction of sp³-hybridized carbons (Fsp3) is 0.844. The molecule has 0 aromatic rings. The highest BCUT2D eigenvalue weighted by molar-refractivity contribution is 7.80. The molecule has 1 aliphatic heterocycles. The second kappa shape index (κ2) is 37.1. The van der Waals surface area contributed by atoms with Crippen molar-refractivity contribution in [3.63, 3.8) is 0 Å². The van der Waals surface area contributed by atoms with Crippen LogP contribution in [-0.4, -0.2) is 97.5 Å². The predicted octanol–water partition coefficient (Wildman–Crippen LogP) is 9.41. The summed E-state index contributed by atoms with van der Waals surface area (Å²) in [5.41, 5.74) is 0. The number of unbranched alkanes of at least 4 members (excludes halogenated alkanes) is 20. The SMILES string of the molecule is CCCCCCC/C=C\C/C=C\C/C=C\CCCCCCCCC(=O)OC(COCCCCCCCCCCCC)COC1OC(CO)C(O)C(OS(=O)(=O)O)C1O. The average Bonchev–Trinajstić information content (AvgIpc) is 3.19. The van der Waals surface area contributed by atoms with Gasteiger partial charge >= 0.3 is 16.4 Å². The van der Waals surface area contributed by atoms with Gasteiger partial charge in [-0.15, -0.1) is 0 Å². The van der Waals surface area contributed by atoms with E-state index in [1.54, 1.807) is 0 Å². The Morgan fingerprint density at radius 2 is 1.14 bits per heavy atom. The Kier molecular flexibility index (Phi) is 34.8. The Morgan fingerprint density at radius 3 is 1.66 bits per heavy atom. The lowest BCUT2D eigenvalue weighted by Crippen LogP contribution is -2.60. The van der Waals surface area contributed by atoms with Crippen LogP contribution >= 0.6 is 0 Å². The molecule has 1 fully saturated rings. The number of ether oxygens (including phenoxy) is 4. The maximum absolute atomic E-state index is 12.8. The van der Waals surface area contributed by atoms with Crippen molar-refractivity contribution in [1.29, 1.82) is 0 Å². The zero-order valence-electron chi connectivity index (χ0n) is 36.1. The maximum atomic E-state index is 12.8. The molecule has 0 saturated carbocycles. The van der Waals surface area contributed by atoms with Crippen LogP contribution in [0.1, 0.15) is 181 Å². The monoisotopic (exact) mass is 847 g/mol. The van der Waals surface area contributed by atoms with Crippen molar-refractivity contribution in [2.75, 3.05) is 26.4 Å². The summed E-state index contributed by atoms with van der Waals surface area (Å²) in [5.74, 6) is -0.412. The molecule has 1 rings (SSSR count). The molecule has 4 N–H and O–H groups in total. The molecule has 12 nitrogen and oxygen atoms in total. The third-order valence-corrected chi connectivity index (χ3v) is 10.7. The quantitative estimate of drug-likeness (QED) is 0.0200. The standard InChI is InChI=1S/C45H82O12S/c1-3-5-7-9-11-13-15-16-17-18-19-20-21-22-23-24-25-26-28-30-32-34-41(47)55-39(37-53-35-33-31-29-27-14-12-10-8-6-4-2)38-54-45-43(49)44(57-58(50,51)52)42(48)40(36-46)56-45/h15-16,18-19,21-22,39-40,42-46,48-49H,3-14,17,20,23-38H2,1-2H3,(H,50,51,52)/b16-15-,19-18-,22-21-. The molecule has 0 spiro atoms. The van der Waals surface area contributed by atoms with Crippen LogP contribution in [0.15, 0.2) is 36.5 Å². The molecule has 1 aliphatic rings. The molecule has 0 aromatic heterocycles. The number of aliphatic hydroxyl groups is 3. The van der Waals surface area contributed by atoms with Gasteiger partial charge in [0, 0.05) is 13.0 Å². The highest BCUT2D eigenvalue weighted by Gasteiger charge is 2.48. The topological polar surface area (TPSA) is 178 Å². The Labute approximate surface area is 352 Å². The van der Waals surface area contributed by atoms with E-state index < -0.39 is 59.8 Å². The normalized spacial score (nSPS) is 20.8. The van der Waals surface area contributed by atoms with E-state index >= 15 is 0 Å². The van der Waals surface area contributed by atoms with E-state index in [0.29, 0.717) is 13.0 Å². The van der Waals surface area contributed by atoms with E-state index in [1.807, 2.05) is 0 Å². The average molecular weight is 847 g/mol. The number of hydrogen-bond acceptors (Lipinski definition) is 11. The van der Waals surface area contributed by atoms with Gasteiger partial charge in [-0.2, -0.15) is 8.42 Å². The molecule has 0 aliphatic carbocycles. The van der Waals surface area contributed by atoms with Gasteiger partial charge in [0.25, 0.3) is 0 Å². The summed E-state index contributed by atoms with van der Waals surface area (Å²) in [6, 6.07) is 0. The van der Waals surface area contributed by atoms with Crippen molar-refractivity contribution in [3.8, 4) is 0 Å². The van der Waals surface area contributed by atoms with Gasteiger partial charge in [0.1, 0.15) is 30.5 Å². The van der Waals surface area contributed by atoms with Crippen LogP contribution in [0, 0.1) is 0 Å². The van der Waals surface area contributed by atoms with Crippen molar-refractivity contribution < 1.29 is 56.2 Å². The van der Waals surface area contributed by atoms with Crippen LogP contribution in [-0.2, 0) is 38.3 Å². The van der Waals surface area contributed by atoms with E-state index in [0.717, 1.165) is 70.6 Å². The number of allylic oxidation sites excluding steroid dienone is 6. The maximum Gasteiger partial charge on any atom is 0.397 e. The molecule has 1 saturated heterocycles. The summed E-state index contributed by atoms with van der Waals surface area (Å²) in [7, 11) is -5.06. The summed E-state index contributed by atoms with van der Waals surface area (Å²) in [5, 5.41) is 30.6. The van der Waals surface area contributed by atoms with Crippen molar-refractivity contribution in [2.24, 2.45) is 0 Å². The van der Waals surface area contributed by atoms with Crippen molar-refractivity contribution in [1.82, 2.24) is 0 Å². The minimum atomic E-state index is -5.06. The molecular formula is C45H82O12S. The van der Waals surface area contributed by atoms with Crippen LogP contribution in [0.3, 0.4) is 0 Å². The first-order valence-corrected chi connectivity index (χ1v) is 24.1. The third-order valence-electron chi connectivity index (χ3n) is 10.3. The summed E-state index contributed by atoms with van der Waals surface area (Å²) in [6.45, 7) is 3.95. The van der Waals surface area contributed by atoms with Gasteiger partial charge in [0.05, 0.1) is 19.8 Å². The van der Waals surface area contributed by atoms with Crippen LogP contribution in [0.5, 0.6) is 0 Å². The summed E-state index contributed by atoms with van der Waals surface area (Å²) < 4.78 is 58.9. The van der Waals surface area contributed by atoms with Crippen molar-refractivity contribution in [3.05, 3.63) is 36.5 Å². The third kappa shape index (κ3) is 30.4. The van der Waals surface area contributed by atoms with Crippen molar-refractivity contribution >= 4 is 16.4 Å². The number of carbonyl (C=O) groups excluding carboxylic acids is 1. The fourth-order valence-corrected chi connectivity index (χ4v) is 7.30. The molecule has 58 heavy (non-hydrogen) atoms. The van der Waals surface area contributed by atoms with E-state index in [4.69, 9.17) is 23.5 Å². The van der Waals surface area contributed by atoms with Gasteiger partial charge in [-0.3, -0.25) is 9.35 Å². The number of hydrogen-bond donors (Lipinski definition) is 4. The minimum absolute atomic E-state index is 0.0321. The lowest BCUT2D eigenvalue weighted by molar-refractivity contribution is -0.301. The Morgan fingerprint density at radius 1 is 0.655 bits per heavy atom. The summed E-state index contributed by atoms with van der Waals surface area (Å²) in [6.07, 6.45) is 33.2. The predicted molar refractivity (Wildman–Crippen MR) is 230 cm³/mol. The van der Waals surface area contributed by atoms with Gasteiger partial charge in [0.2, 0.25) is 0 Å². The van der Waals surface area contributed by atoms with Crippen LogP contribution in [0.4, 0.5) is 0 Å². The summed E-state index contributed by atoms with van der Waals surface area (Å²) >= 11 is 0. The molecule has 340 valence electrons. The molecule has 6 unspecified atom stereocenters. The fourth-order valence-electron chi connectivity index (χ4n) is 6.80.